The van der Waals surface area contributed by atoms with Crippen LogP contribution in [0.4, 0.5) is 0 Å². The van der Waals surface area contributed by atoms with Crippen LogP contribution in [0.2, 0.25) is 0 Å². The van der Waals surface area contributed by atoms with Gasteiger partial charge < -0.3 is 5.11 Å². The maximum absolute atomic E-state index is 11.3. The molecule has 2 rings (SSSR count). The number of aliphatic hydroxyl groups is 1. The number of aromatic nitrogens is 3. The zero-order chi connectivity index (χ0) is 11.6. The summed E-state index contributed by atoms with van der Waals surface area (Å²) in [6.07, 6.45) is 3.91. The summed E-state index contributed by atoms with van der Waals surface area (Å²) in [4.78, 5) is 11.3. The zero-order valence-corrected chi connectivity index (χ0v) is 10.2. The lowest BCUT2D eigenvalue weighted by molar-refractivity contribution is 0.0732. The standard InChI is InChI=1S/C10H17N3O2S/c1-2-13-8(14)11-12-9(13)16-7-10(15)5-3-4-6-10/h15H,2-7H2,1H3,(H,11,14). The van der Waals surface area contributed by atoms with Gasteiger partial charge in [-0.2, -0.15) is 0 Å². The molecule has 0 aromatic carbocycles. The van der Waals surface area contributed by atoms with Crippen LogP contribution in [-0.2, 0) is 6.54 Å². The van der Waals surface area contributed by atoms with Crippen LogP contribution in [0.5, 0.6) is 0 Å². The van der Waals surface area contributed by atoms with Crippen LogP contribution in [0.3, 0.4) is 0 Å². The molecule has 0 spiro atoms. The van der Waals surface area contributed by atoms with E-state index in [1.54, 1.807) is 4.57 Å². The Morgan fingerprint density at radius 3 is 2.88 bits per heavy atom. The van der Waals surface area contributed by atoms with E-state index < -0.39 is 5.60 Å². The first kappa shape index (κ1) is 11.7. The van der Waals surface area contributed by atoms with E-state index >= 15 is 0 Å². The number of nitrogens with zero attached hydrogens (tertiary/aromatic N) is 2. The molecule has 0 saturated heterocycles. The summed E-state index contributed by atoms with van der Waals surface area (Å²) in [5.41, 5.74) is -0.735. The SMILES string of the molecule is CCn1c(SCC2(O)CCCC2)n[nH]c1=O. The van der Waals surface area contributed by atoms with Gasteiger partial charge in [0.05, 0.1) is 5.60 Å². The van der Waals surface area contributed by atoms with Crippen LogP contribution in [-0.4, -0.2) is 31.2 Å². The number of H-pyrrole nitrogens is 1. The van der Waals surface area contributed by atoms with Gasteiger partial charge in [-0.1, -0.05) is 24.6 Å². The second-order valence-corrected chi connectivity index (χ2v) is 5.22. The van der Waals surface area contributed by atoms with Crippen molar-refractivity contribution in [2.24, 2.45) is 0 Å². The molecule has 90 valence electrons. The predicted octanol–water partition coefficient (Wildman–Crippen LogP) is 0.988. The van der Waals surface area contributed by atoms with Gasteiger partial charge in [0, 0.05) is 12.3 Å². The van der Waals surface area contributed by atoms with Crippen molar-refractivity contribution in [3.05, 3.63) is 10.5 Å². The van der Waals surface area contributed by atoms with E-state index in [-0.39, 0.29) is 5.69 Å². The molecule has 1 heterocycles. The van der Waals surface area contributed by atoms with E-state index in [0.29, 0.717) is 17.5 Å². The van der Waals surface area contributed by atoms with E-state index in [0.717, 1.165) is 25.7 Å². The highest BCUT2D eigenvalue weighted by molar-refractivity contribution is 7.99. The van der Waals surface area contributed by atoms with Crippen molar-refractivity contribution in [3.8, 4) is 0 Å². The van der Waals surface area contributed by atoms with E-state index in [1.165, 1.54) is 11.8 Å². The van der Waals surface area contributed by atoms with Crippen LogP contribution in [0.1, 0.15) is 32.6 Å². The van der Waals surface area contributed by atoms with Crippen LogP contribution in [0.25, 0.3) is 0 Å². The quantitative estimate of drug-likeness (QED) is 0.774. The Balaban J connectivity index is 2.01. The summed E-state index contributed by atoms with van der Waals surface area (Å²) < 4.78 is 1.59. The summed E-state index contributed by atoms with van der Waals surface area (Å²) in [5.74, 6) is 0.622. The van der Waals surface area contributed by atoms with Crippen molar-refractivity contribution in [2.75, 3.05) is 5.75 Å². The molecule has 1 fully saturated rings. The smallest absolute Gasteiger partial charge is 0.343 e. The first-order valence-corrected chi connectivity index (χ1v) is 6.63. The zero-order valence-electron chi connectivity index (χ0n) is 9.40. The van der Waals surface area contributed by atoms with Crippen molar-refractivity contribution < 1.29 is 5.11 Å². The highest BCUT2D eigenvalue weighted by Crippen LogP contribution is 2.33. The minimum absolute atomic E-state index is 0.177. The molecule has 1 aliphatic carbocycles. The monoisotopic (exact) mass is 243 g/mol. The molecule has 1 aliphatic rings. The Labute approximate surface area is 98.3 Å². The van der Waals surface area contributed by atoms with Crippen LogP contribution in [0, 0.1) is 0 Å². The van der Waals surface area contributed by atoms with E-state index in [4.69, 9.17) is 0 Å². The van der Waals surface area contributed by atoms with Gasteiger partial charge in [0.15, 0.2) is 5.16 Å². The highest BCUT2D eigenvalue weighted by atomic mass is 32.2. The van der Waals surface area contributed by atoms with Gasteiger partial charge >= 0.3 is 5.69 Å². The molecule has 0 unspecified atom stereocenters. The normalized spacial score (nSPS) is 19.1. The molecule has 2 N–H and O–H groups in total. The van der Waals surface area contributed by atoms with Crippen LogP contribution >= 0.6 is 11.8 Å². The average molecular weight is 243 g/mol. The van der Waals surface area contributed by atoms with Gasteiger partial charge in [0.1, 0.15) is 0 Å². The first-order chi connectivity index (χ1) is 7.64. The molecule has 1 saturated carbocycles. The Morgan fingerprint density at radius 2 is 2.25 bits per heavy atom. The fourth-order valence-electron chi connectivity index (χ4n) is 2.07. The highest BCUT2D eigenvalue weighted by Gasteiger charge is 2.31. The Kier molecular flexibility index (Phi) is 3.39. The molecular formula is C10H17N3O2S. The topological polar surface area (TPSA) is 70.9 Å². The number of aromatic amines is 1. The van der Waals surface area contributed by atoms with Gasteiger partial charge in [-0.3, -0.25) is 4.57 Å². The van der Waals surface area contributed by atoms with Gasteiger partial charge in [0.2, 0.25) is 0 Å². The molecule has 6 heteroatoms. The summed E-state index contributed by atoms with van der Waals surface area (Å²) in [5, 5.41) is 17.2. The summed E-state index contributed by atoms with van der Waals surface area (Å²) in [6, 6.07) is 0. The molecule has 1 aromatic heterocycles. The van der Waals surface area contributed by atoms with Crippen molar-refractivity contribution >= 4 is 11.8 Å². The average Bonchev–Trinajstić information content (AvgIpc) is 2.83. The number of nitrogens with one attached hydrogen (secondary N) is 1. The molecule has 16 heavy (non-hydrogen) atoms. The van der Waals surface area contributed by atoms with Crippen molar-refractivity contribution in [1.29, 1.82) is 0 Å². The molecule has 0 aliphatic heterocycles. The third kappa shape index (κ3) is 2.32. The Bertz CT molecular complexity index is 406. The van der Waals surface area contributed by atoms with Crippen LogP contribution < -0.4 is 5.69 Å². The third-order valence-corrected chi connectivity index (χ3v) is 4.30. The van der Waals surface area contributed by atoms with Gasteiger partial charge in [-0.15, -0.1) is 5.10 Å². The molecule has 0 amide bonds. The van der Waals surface area contributed by atoms with E-state index in [1.807, 2.05) is 6.92 Å². The molecule has 0 radical (unpaired) electrons. The fraction of sp³-hybridized carbons (Fsp3) is 0.800. The second kappa shape index (κ2) is 4.63. The van der Waals surface area contributed by atoms with Crippen LogP contribution in [0.15, 0.2) is 9.95 Å². The second-order valence-electron chi connectivity index (χ2n) is 4.28. The largest absolute Gasteiger partial charge is 0.389 e. The molecule has 5 nitrogen and oxygen atoms in total. The van der Waals surface area contributed by atoms with Crippen molar-refractivity contribution in [3.63, 3.8) is 0 Å². The number of hydrogen-bond acceptors (Lipinski definition) is 4. The molecular weight excluding hydrogens is 226 g/mol. The third-order valence-electron chi connectivity index (χ3n) is 3.04. The van der Waals surface area contributed by atoms with Gasteiger partial charge in [-0.05, 0) is 19.8 Å². The maximum atomic E-state index is 11.3. The van der Waals surface area contributed by atoms with Crippen molar-refractivity contribution in [1.82, 2.24) is 14.8 Å². The minimum atomic E-state index is -0.557. The van der Waals surface area contributed by atoms with Crippen molar-refractivity contribution in [2.45, 2.75) is 49.9 Å². The number of rotatable bonds is 4. The number of hydrogen-bond donors (Lipinski definition) is 2. The lowest BCUT2D eigenvalue weighted by Crippen LogP contribution is -2.27. The molecule has 1 aromatic rings. The molecule has 0 bridgehead atoms. The Morgan fingerprint density at radius 1 is 1.56 bits per heavy atom. The van der Waals surface area contributed by atoms with Gasteiger partial charge in [-0.25, -0.2) is 9.89 Å². The lowest BCUT2D eigenvalue weighted by atomic mass is 10.1. The van der Waals surface area contributed by atoms with Gasteiger partial charge in [0.25, 0.3) is 0 Å². The lowest BCUT2D eigenvalue weighted by Gasteiger charge is -2.20. The summed E-state index contributed by atoms with van der Waals surface area (Å²) in [7, 11) is 0. The summed E-state index contributed by atoms with van der Waals surface area (Å²) >= 11 is 1.46. The summed E-state index contributed by atoms with van der Waals surface area (Å²) in [6.45, 7) is 2.52. The fourth-order valence-corrected chi connectivity index (χ4v) is 3.23. The minimum Gasteiger partial charge on any atom is -0.389 e. The van der Waals surface area contributed by atoms with E-state index in [9.17, 15) is 9.90 Å². The first-order valence-electron chi connectivity index (χ1n) is 5.65. The number of thioether (sulfide) groups is 1. The maximum Gasteiger partial charge on any atom is 0.343 e. The van der Waals surface area contributed by atoms with E-state index in [2.05, 4.69) is 10.2 Å². The molecule has 0 atom stereocenters. The predicted molar refractivity (Wildman–Crippen MR) is 62.7 cm³/mol. The Hall–Kier alpha value is -0.750.